The number of rotatable bonds is 4. The first-order valence-electron chi connectivity index (χ1n) is 11.8. The number of thiol groups is 1. The highest BCUT2D eigenvalue weighted by Gasteiger charge is 2.39. The number of nitrogens with one attached hydrogen (secondary N) is 1. The average Bonchev–Trinajstić information content (AvgIpc) is 3.42. The van der Waals surface area contributed by atoms with Crippen LogP contribution in [0.1, 0.15) is 34.9 Å². The van der Waals surface area contributed by atoms with Crippen molar-refractivity contribution in [3.05, 3.63) is 59.2 Å². The molecule has 2 saturated heterocycles. The highest BCUT2D eigenvalue weighted by atomic mass is 32.1. The third-order valence-corrected chi connectivity index (χ3v) is 8.67. The number of piperidine rings is 1. The first-order chi connectivity index (χ1) is 16.6. The molecule has 2 unspecified atom stereocenters. The molecule has 0 aliphatic carbocycles. The molecule has 7 nitrogen and oxygen atoms in total. The van der Waals surface area contributed by atoms with Gasteiger partial charge in [0.25, 0.3) is 0 Å². The van der Waals surface area contributed by atoms with Crippen LogP contribution in [0.5, 0.6) is 0 Å². The van der Waals surface area contributed by atoms with Crippen molar-refractivity contribution < 1.29 is 9.59 Å². The molecular weight excluding hydrogens is 466 g/mol. The van der Waals surface area contributed by atoms with Gasteiger partial charge in [-0.3, -0.25) is 24.7 Å². The van der Waals surface area contributed by atoms with Gasteiger partial charge in [-0.2, -0.15) is 17.0 Å². The highest BCUT2D eigenvalue weighted by molar-refractivity contribution is 7.80. The second-order valence-electron chi connectivity index (χ2n) is 9.26. The van der Waals surface area contributed by atoms with Crippen LogP contribution >= 0.6 is 24.2 Å². The lowest BCUT2D eigenvalue weighted by Crippen LogP contribution is -2.51. The van der Waals surface area contributed by atoms with Gasteiger partial charge in [-0.25, -0.2) is 0 Å². The number of benzene rings is 2. The summed E-state index contributed by atoms with van der Waals surface area (Å²) in [5.41, 5.74) is 3.76. The molecule has 0 spiro atoms. The van der Waals surface area contributed by atoms with Crippen molar-refractivity contribution in [1.29, 1.82) is 0 Å². The summed E-state index contributed by atoms with van der Waals surface area (Å²) >= 11 is 6.44. The predicted molar refractivity (Wildman–Crippen MR) is 137 cm³/mol. The Morgan fingerprint density at radius 3 is 2.71 bits per heavy atom. The fraction of sp³-hybridized carbons (Fsp3) is 0.400. The molecular formula is C25H27N5O2S2. The Bertz CT molecular complexity index is 1250. The van der Waals surface area contributed by atoms with E-state index in [1.165, 1.54) is 26.8 Å². The number of piperazine rings is 1. The minimum absolute atomic E-state index is 0.131. The van der Waals surface area contributed by atoms with Gasteiger partial charge in [-0.05, 0) is 46.8 Å². The first kappa shape index (κ1) is 22.0. The zero-order valence-electron chi connectivity index (χ0n) is 18.8. The van der Waals surface area contributed by atoms with E-state index in [0.717, 1.165) is 38.5 Å². The van der Waals surface area contributed by atoms with Crippen LogP contribution < -0.4 is 10.2 Å². The Labute approximate surface area is 208 Å². The summed E-state index contributed by atoms with van der Waals surface area (Å²) in [6.07, 6.45) is 0.938. The first-order valence-corrected chi connectivity index (χ1v) is 13.1. The number of carbonyl (C=O) groups is 2. The number of aromatic nitrogens is 1. The topological polar surface area (TPSA) is 68.8 Å². The van der Waals surface area contributed by atoms with Crippen LogP contribution in [0.15, 0.2) is 42.5 Å². The number of imide groups is 1. The highest BCUT2D eigenvalue weighted by Crippen LogP contribution is 2.41. The zero-order valence-corrected chi connectivity index (χ0v) is 20.5. The van der Waals surface area contributed by atoms with Gasteiger partial charge in [0.15, 0.2) is 0 Å². The van der Waals surface area contributed by atoms with E-state index in [1.54, 1.807) is 11.5 Å². The molecule has 3 aliphatic heterocycles. The van der Waals surface area contributed by atoms with Crippen LogP contribution in [0, 0.1) is 0 Å². The van der Waals surface area contributed by atoms with Crippen molar-refractivity contribution in [2.45, 2.75) is 37.3 Å². The van der Waals surface area contributed by atoms with E-state index in [1.807, 2.05) is 0 Å². The van der Waals surface area contributed by atoms with Gasteiger partial charge in [-0.1, -0.05) is 30.3 Å². The normalized spacial score (nSPS) is 24.0. The fourth-order valence-electron chi connectivity index (χ4n) is 5.42. The molecule has 2 aromatic carbocycles. The van der Waals surface area contributed by atoms with E-state index in [0.29, 0.717) is 19.4 Å². The average molecular weight is 494 g/mol. The summed E-state index contributed by atoms with van der Waals surface area (Å²) in [4.78, 5) is 31.1. The smallest absolute Gasteiger partial charge is 0.243 e. The molecule has 0 saturated carbocycles. The molecule has 3 aliphatic rings. The molecule has 176 valence electrons. The molecule has 6 rings (SSSR count). The van der Waals surface area contributed by atoms with E-state index in [9.17, 15) is 9.59 Å². The maximum Gasteiger partial charge on any atom is 0.243 e. The van der Waals surface area contributed by atoms with Crippen LogP contribution in [0.3, 0.4) is 0 Å². The predicted octanol–water partition coefficient (Wildman–Crippen LogP) is 3.17. The molecule has 0 radical (unpaired) electrons. The Morgan fingerprint density at radius 2 is 1.88 bits per heavy atom. The number of anilines is 1. The zero-order chi connectivity index (χ0) is 23.2. The van der Waals surface area contributed by atoms with E-state index in [2.05, 4.69) is 62.5 Å². The number of hydrogen-bond acceptors (Lipinski definition) is 8. The van der Waals surface area contributed by atoms with Gasteiger partial charge in [0.1, 0.15) is 5.82 Å². The molecule has 3 aromatic rings. The second-order valence-corrected chi connectivity index (χ2v) is 10.6. The minimum atomic E-state index is -0.308. The van der Waals surface area contributed by atoms with Gasteiger partial charge in [0.2, 0.25) is 11.8 Å². The largest absolute Gasteiger partial charge is 0.353 e. The quantitative estimate of drug-likeness (QED) is 0.430. The summed E-state index contributed by atoms with van der Waals surface area (Å²) in [7, 11) is 0. The van der Waals surface area contributed by atoms with E-state index in [-0.39, 0.29) is 23.2 Å². The summed E-state index contributed by atoms with van der Waals surface area (Å²) in [5, 5.41) is 3.60. The van der Waals surface area contributed by atoms with Gasteiger partial charge in [0, 0.05) is 51.1 Å². The Balaban J connectivity index is 1.14. The number of fused-ring (bicyclic) bond motifs is 2. The molecule has 1 N–H and O–H groups in total. The van der Waals surface area contributed by atoms with Crippen LogP contribution in [-0.4, -0.2) is 58.2 Å². The summed E-state index contributed by atoms with van der Waals surface area (Å²) in [6, 6.07) is 14.6. The SMILES string of the molecule is O=C1CCC(N2Cc3c(CN4CCN(c5nsc6ccccc56)CC4)cccc3C2S)C(=O)N1. The maximum atomic E-state index is 12.5. The lowest BCUT2D eigenvalue weighted by atomic mass is 10.0. The van der Waals surface area contributed by atoms with Gasteiger partial charge < -0.3 is 4.90 Å². The molecule has 2 fully saturated rings. The minimum Gasteiger partial charge on any atom is -0.353 e. The monoisotopic (exact) mass is 493 g/mol. The lowest BCUT2D eigenvalue weighted by Gasteiger charge is -2.35. The standard InChI is InChI=1S/C25H27N5O2S2/c31-22-9-8-20(24(32)26-22)30-15-19-16(4-3-6-17(19)25(30)33)14-28-10-12-29(13-11-28)23-18-5-1-2-7-21(18)34-27-23/h1-7,20,25,33H,8-15H2,(H,26,31,32). The van der Waals surface area contributed by atoms with Crippen molar-refractivity contribution in [3.8, 4) is 0 Å². The van der Waals surface area contributed by atoms with Crippen LogP contribution in [0.4, 0.5) is 5.82 Å². The van der Waals surface area contributed by atoms with Crippen LogP contribution in [-0.2, 0) is 22.7 Å². The van der Waals surface area contributed by atoms with Gasteiger partial charge in [-0.15, -0.1) is 0 Å². The summed E-state index contributed by atoms with van der Waals surface area (Å²) in [5.74, 6) is 0.730. The van der Waals surface area contributed by atoms with E-state index >= 15 is 0 Å². The van der Waals surface area contributed by atoms with Crippen molar-refractivity contribution in [2.24, 2.45) is 0 Å². The van der Waals surface area contributed by atoms with Gasteiger partial charge in [0.05, 0.1) is 16.1 Å². The summed E-state index contributed by atoms with van der Waals surface area (Å²) in [6.45, 7) is 5.46. The third kappa shape index (κ3) is 3.90. The van der Waals surface area contributed by atoms with Crippen LogP contribution in [0.25, 0.3) is 10.1 Å². The molecule has 34 heavy (non-hydrogen) atoms. The molecule has 2 atom stereocenters. The number of hydrogen-bond donors (Lipinski definition) is 2. The fourth-order valence-corrected chi connectivity index (χ4v) is 6.70. The van der Waals surface area contributed by atoms with E-state index < -0.39 is 0 Å². The molecule has 9 heteroatoms. The lowest BCUT2D eigenvalue weighted by molar-refractivity contribution is -0.137. The Hall–Kier alpha value is -2.46. The van der Waals surface area contributed by atoms with Crippen molar-refractivity contribution in [1.82, 2.24) is 19.5 Å². The van der Waals surface area contributed by atoms with Crippen molar-refractivity contribution in [3.63, 3.8) is 0 Å². The molecule has 4 heterocycles. The molecule has 0 bridgehead atoms. The Morgan fingerprint density at radius 1 is 1.06 bits per heavy atom. The molecule has 1 aromatic heterocycles. The Kier molecular flexibility index (Phi) is 5.81. The second kappa shape index (κ2) is 8.96. The van der Waals surface area contributed by atoms with E-state index in [4.69, 9.17) is 17.0 Å². The van der Waals surface area contributed by atoms with Gasteiger partial charge >= 0.3 is 0 Å². The number of carbonyl (C=O) groups excluding carboxylic acids is 2. The van der Waals surface area contributed by atoms with Crippen molar-refractivity contribution in [2.75, 3.05) is 31.1 Å². The maximum absolute atomic E-state index is 12.5. The molecule has 2 amide bonds. The number of amides is 2. The number of nitrogens with zero attached hydrogens (tertiary/aromatic N) is 4. The van der Waals surface area contributed by atoms with Crippen molar-refractivity contribution >= 4 is 51.9 Å². The van der Waals surface area contributed by atoms with Crippen LogP contribution in [0.2, 0.25) is 0 Å². The third-order valence-electron chi connectivity index (χ3n) is 7.28. The summed E-state index contributed by atoms with van der Waals surface area (Å²) < 4.78 is 5.97.